The predicted octanol–water partition coefficient (Wildman–Crippen LogP) is 3.93. The van der Waals surface area contributed by atoms with Crippen molar-refractivity contribution in [3.63, 3.8) is 0 Å². The molecule has 0 radical (unpaired) electrons. The van der Waals surface area contributed by atoms with Gasteiger partial charge in [-0.3, -0.25) is 9.69 Å². The molecule has 1 aromatic carbocycles. The van der Waals surface area contributed by atoms with Crippen LogP contribution in [0.3, 0.4) is 0 Å². The van der Waals surface area contributed by atoms with E-state index in [0.29, 0.717) is 10.0 Å². The number of nitrogens with zero attached hydrogens (tertiary/aromatic N) is 2. The maximum atomic E-state index is 13.4. The van der Waals surface area contributed by atoms with Crippen LogP contribution in [0, 0.1) is 11.7 Å². The first-order valence-corrected chi connectivity index (χ1v) is 9.39. The number of halogens is 2. The van der Waals surface area contributed by atoms with Crippen LogP contribution < -0.4 is 0 Å². The second kappa shape index (κ2) is 7.75. The Morgan fingerprint density at radius 2 is 1.83 bits per heavy atom. The number of hydrogen-bond acceptors (Lipinski definition) is 2. The SMILES string of the molecule is O=C(c1cc(F)ccc1Br)N1CCN(CC2CCCCC2)CC1. The summed E-state index contributed by atoms with van der Waals surface area (Å²) in [4.78, 5) is 16.9. The van der Waals surface area contributed by atoms with Crippen LogP contribution in [0.2, 0.25) is 0 Å². The van der Waals surface area contributed by atoms with Crippen LogP contribution >= 0.6 is 15.9 Å². The van der Waals surface area contributed by atoms with Gasteiger partial charge in [-0.25, -0.2) is 4.39 Å². The third kappa shape index (κ3) is 4.32. The first-order valence-electron chi connectivity index (χ1n) is 8.60. The van der Waals surface area contributed by atoms with E-state index in [1.54, 1.807) is 6.07 Å². The molecule has 23 heavy (non-hydrogen) atoms. The molecular weight excluding hydrogens is 359 g/mol. The van der Waals surface area contributed by atoms with Gasteiger partial charge in [0, 0.05) is 37.2 Å². The molecule has 1 aliphatic heterocycles. The van der Waals surface area contributed by atoms with Gasteiger partial charge in [0.25, 0.3) is 5.91 Å². The lowest BCUT2D eigenvalue weighted by Crippen LogP contribution is -2.50. The van der Waals surface area contributed by atoms with Gasteiger partial charge in [0.15, 0.2) is 0 Å². The molecule has 1 saturated heterocycles. The number of hydrogen-bond donors (Lipinski definition) is 0. The molecule has 1 aliphatic carbocycles. The minimum Gasteiger partial charge on any atom is -0.336 e. The molecule has 3 nitrogen and oxygen atoms in total. The lowest BCUT2D eigenvalue weighted by atomic mass is 9.89. The standard InChI is InChI=1S/C18H24BrFN2O/c19-17-7-6-15(20)12-16(17)18(23)22-10-8-21(9-11-22)13-14-4-2-1-3-5-14/h6-7,12,14H,1-5,8-11,13H2. The third-order valence-electron chi connectivity index (χ3n) is 5.06. The predicted molar refractivity (Wildman–Crippen MR) is 93.0 cm³/mol. The number of amides is 1. The van der Waals surface area contributed by atoms with Crippen molar-refractivity contribution >= 4 is 21.8 Å². The van der Waals surface area contributed by atoms with E-state index in [9.17, 15) is 9.18 Å². The van der Waals surface area contributed by atoms with Crippen molar-refractivity contribution < 1.29 is 9.18 Å². The average molecular weight is 383 g/mol. The van der Waals surface area contributed by atoms with E-state index >= 15 is 0 Å². The van der Waals surface area contributed by atoms with Gasteiger partial charge in [-0.2, -0.15) is 0 Å². The van der Waals surface area contributed by atoms with Gasteiger partial charge in [0.2, 0.25) is 0 Å². The fraction of sp³-hybridized carbons (Fsp3) is 0.611. The Morgan fingerprint density at radius 3 is 2.52 bits per heavy atom. The lowest BCUT2D eigenvalue weighted by Gasteiger charge is -2.37. The summed E-state index contributed by atoms with van der Waals surface area (Å²) < 4.78 is 14.1. The van der Waals surface area contributed by atoms with Crippen molar-refractivity contribution in [3.8, 4) is 0 Å². The number of carbonyl (C=O) groups is 1. The highest BCUT2D eigenvalue weighted by molar-refractivity contribution is 9.10. The van der Waals surface area contributed by atoms with E-state index in [1.807, 2.05) is 4.90 Å². The molecule has 2 fully saturated rings. The zero-order chi connectivity index (χ0) is 16.2. The van der Waals surface area contributed by atoms with Gasteiger partial charge in [-0.15, -0.1) is 0 Å². The Hall–Kier alpha value is -0.940. The normalized spacial score (nSPS) is 20.7. The number of piperazine rings is 1. The van der Waals surface area contributed by atoms with Gasteiger partial charge in [-0.1, -0.05) is 19.3 Å². The van der Waals surface area contributed by atoms with E-state index in [4.69, 9.17) is 0 Å². The van der Waals surface area contributed by atoms with Gasteiger partial charge in [-0.05, 0) is 52.9 Å². The Bertz CT molecular complexity index is 552. The fourth-order valence-electron chi connectivity index (χ4n) is 3.70. The molecule has 1 heterocycles. The molecule has 0 spiro atoms. The zero-order valence-corrected chi connectivity index (χ0v) is 15.0. The van der Waals surface area contributed by atoms with E-state index in [1.165, 1.54) is 50.8 Å². The summed E-state index contributed by atoms with van der Waals surface area (Å²) in [6.45, 7) is 4.49. The summed E-state index contributed by atoms with van der Waals surface area (Å²) in [6, 6.07) is 4.28. The third-order valence-corrected chi connectivity index (χ3v) is 5.75. The molecule has 0 bridgehead atoms. The highest BCUT2D eigenvalue weighted by atomic mass is 79.9. The molecule has 1 amide bonds. The first kappa shape index (κ1) is 16.9. The van der Waals surface area contributed by atoms with Crippen molar-refractivity contribution in [1.82, 2.24) is 9.80 Å². The molecular formula is C18H24BrFN2O. The van der Waals surface area contributed by atoms with Crippen molar-refractivity contribution in [1.29, 1.82) is 0 Å². The molecule has 0 unspecified atom stereocenters. The fourth-order valence-corrected chi connectivity index (χ4v) is 4.12. The smallest absolute Gasteiger partial charge is 0.255 e. The second-order valence-corrected chi connectivity index (χ2v) is 7.58. The monoisotopic (exact) mass is 382 g/mol. The van der Waals surface area contributed by atoms with Crippen molar-refractivity contribution in [3.05, 3.63) is 34.1 Å². The Balaban J connectivity index is 1.53. The zero-order valence-electron chi connectivity index (χ0n) is 13.4. The van der Waals surface area contributed by atoms with E-state index in [-0.39, 0.29) is 11.7 Å². The van der Waals surface area contributed by atoms with Crippen LogP contribution in [-0.2, 0) is 0 Å². The topological polar surface area (TPSA) is 23.6 Å². The number of rotatable bonds is 3. The van der Waals surface area contributed by atoms with Crippen molar-refractivity contribution in [2.24, 2.45) is 5.92 Å². The lowest BCUT2D eigenvalue weighted by molar-refractivity contribution is 0.0605. The molecule has 1 aromatic rings. The largest absolute Gasteiger partial charge is 0.336 e. The van der Waals surface area contributed by atoms with Gasteiger partial charge >= 0.3 is 0 Å². The van der Waals surface area contributed by atoms with Crippen LogP contribution in [0.1, 0.15) is 42.5 Å². The van der Waals surface area contributed by atoms with Crippen LogP contribution in [0.25, 0.3) is 0 Å². The first-order chi connectivity index (χ1) is 11.1. The Kier molecular flexibility index (Phi) is 5.70. The van der Waals surface area contributed by atoms with Crippen LogP contribution in [0.15, 0.2) is 22.7 Å². The van der Waals surface area contributed by atoms with Crippen LogP contribution in [0.5, 0.6) is 0 Å². The Morgan fingerprint density at radius 1 is 1.13 bits per heavy atom. The molecule has 0 aromatic heterocycles. The summed E-state index contributed by atoms with van der Waals surface area (Å²) in [7, 11) is 0. The Labute approximate surface area is 146 Å². The number of benzene rings is 1. The highest BCUT2D eigenvalue weighted by Gasteiger charge is 2.25. The highest BCUT2D eigenvalue weighted by Crippen LogP contribution is 2.25. The van der Waals surface area contributed by atoms with E-state index in [0.717, 1.165) is 32.1 Å². The summed E-state index contributed by atoms with van der Waals surface area (Å²) in [6.07, 6.45) is 6.85. The van der Waals surface area contributed by atoms with Crippen molar-refractivity contribution in [2.75, 3.05) is 32.7 Å². The minimum atomic E-state index is -0.368. The van der Waals surface area contributed by atoms with E-state index in [2.05, 4.69) is 20.8 Å². The van der Waals surface area contributed by atoms with E-state index < -0.39 is 0 Å². The quantitative estimate of drug-likeness (QED) is 0.790. The van der Waals surface area contributed by atoms with Crippen LogP contribution in [-0.4, -0.2) is 48.4 Å². The molecule has 0 N–H and O–H groups in total. The molecule has 0 atom stereocenters. The van der Waals surface area contributed by atoms with Crippen molar-refractivity contribution in [2.45, 2.75) is 32.1 Å². The summed E-state index contributed by atoms with van der Waals surface area (Å²) in [5.41, 5.74) is 0.422. The molecule has 3 rings (SSSR count). The maximum absolute atomic E-state index is 13.4. The van der Waals surface area contributed by atoms with Gasteiger partial charge in [0.05, 0.1) is 5.56 Å². The van der Waals surface area contributed by atoms with Gasteiger partial charge in [0.1, 0.15) is 5.82 Å². The second-order valence-electron chi connectivity index (χ2n) is 6.72. The molecule has 5 heteroatoms. The summed E-state index contributed by atoms with van der Waals surface area (Å²) in [5.74, 6) is 0.393. The van der Waals surface area contributed by atoms with Crippen LogP contribution in [0.4, 0.5) is 4.39 Å². The molecule has 2 aliphatic rings. The van der Waals surface area contributed by atoms with Gasteiger partial charge < -0.3 is 4.90 Å². The maximum Gasteiger partial charge on any atom is 0.255 e. The summed E-state index contributed by atoms with van der Waals surface area (Å²) in [5, 5.41) is 0. The summed E-state index contributed by atoms with van der Waals surface area (Å²) >= 11 is 3.35. The minimum absolute atomic E-state index is 0.0753. The number of carbonyl (C=O) groups excluding carboxylic acids is 1. The average Bonchev–Trinajstić information content (AvgIpc) is 2.58. The molecule has 1 saturated carbocycles. The molecule has 126 valence electrons.